The van der Waals surface area contributed by atoms with Gasteiger partial charge in [0.15, 0.2) is 0 Å². The van der Waals surface area contributed by atoms with Gasteiger partial charge in [-0.25, -0.2) is 0 Å². The molecule has 2 nitrogen and oxygen atoms in total. The van der Waals surface area contributed by atoms with Crippen LogP contribution in [-0.2, 0) is 0 Å². The number of aryl methyl sites for hydroxylation is 1. The van der Waals surface area contributed by atoms with E-state index in [1.165, 1.54) is 50.0 Å². The Morgan fingerprint density at radius 2 is 2.00 bits per heavy atom. The van der Waals surface area contributed by atoms with Crippen LogP contribution >= 0.6 is 11.6 Å². The molecule has 1 saturated carbocycles. The van der Waals surface area contributed by atoms with Gasteiger partial charge < -0.3 is 10.6 Å². The molecule has 98 valence electrons. The Balaban J connectivity index is 1.60. The van der Waals surface area contributed by atoms with Crippen LogP contribution in [-0.4, -0.2) is 19.1 Å². The van der Waals surface area contributed by atoms with Crippen LogP contribution in [0.1, 0.15) is 31.2 Å². The van der Waals surface area contributed by atoms with Crippen LogP contribution in [0.25, 0.3) is 0 Å². The van der Waals surface area contributed by atoms with E-state index in [1.807, 2.05) is 12.1 Å². The number of hydrogen-bond donors (Lipinski definition) is 2. The highest BCUT2D eigenvalue weighted by atomic mass is 35.5. The van der Waals surface area contributed by atoms with E-state index in [9.17, 15) is 0 Å². The van der Waals surface area contributed by atoms with Gasteiger partial charge in [0, 0.05) is 16.8 Å². The van der Waals surface area contributed by atoms with Crippen LogP contribution in [0.3, 0.4) is 0 Å². The zero-order valence-corrected chi connectivity index (χ0v) is 11.7. The van der Waals surface area contributed by atoms with Crippen molar-refractivity contribution in [2.75, 3.05) is 18.4 Å². The van der Waals surface area contributed by atoms with E-state index in [4.69, 9.17) is 11.6 Å². The van der Waals surface area contributed by atoms with E-state index in [0.29, 0.717) is 11.5 Å². The predicted octanol–water partition coefficient (Wildman–Crippen LogP) is 3.59. The molecule has 2 fully saturated rings. The van der Waals surface area contributed by atoms with Gasteiger partial charge in [-0.3, -0.25) is 0 Å². The van der Waals surface area contributed by atoms with Crippen molar-refractivity contribution in [3.05, 3.63) is 28.8 Å². The number of hydrogen-bond acceptors (Lipinski definition) is 2. The molecule has 1 heterocycles. The third kappa shape index (κ3) is 2.36. The maximum Gasteiger partial charge on any atom is 0.0426 e. The van der Waals surface area contributed by atoms with Crippen LogP contribution in [0.5, 0.6) is 0 Å². The van der Waals surface area contributed by atoms with Gasteiger partial charge in [-0.05, 0) is 68.8 Å². The minimum atomic E-state index is 0.634. The molecule has 3 heteroatoms. The van der Waals surface area contributed by atoms with Crippen LogP contribution in [0.15, 0.2) is 18.2 Å². The quantitative estimate of drug-likeness (QED) is 0.853. The minimum absolute atomic E-state index is 0.634. The molecule has 1 spiro atoms. The molecule has 1 aliphatic heterocycles. The zero-order valence-electron chi connectivity index (χ0n) is 10.9. The van der Waals surface area contributed by atoms with Gasteiger partial charge in [-0.15, -0.1) is 0 Å². The second kappa shape index (κ2) is 4.75. The highest BCUT2D eigenvalue weighted by Crippen LogP contribution is 2.49. The molecule has 2 aliphatic rings. The van der Waals surface area contributed by atoms with Gasteiger partial charge >= 0.3 is 0 Å². The van der Waals surface area contributed by atoms with E-state index in [1.54, 1.807) is 0 Å². The topological polar surface area (TPSA) is 24.1 Å². The van der Waals surface area contributed by atoms with Crippen LogP contribution < -0.4 is 10.6 Å². The first-order valence-electron chi connectivity index (χ1n) is 6.90. The second-order valence-electron chi connectivity index (χ2n) is 5.96. The minimum Gasteiger partial charge on any atom is -0.382 e. The summed E-state index contributed by atoms with van der Waals surface area (Å²) in [7, 11) is 0. The fraction of sp³-hybridized carbons (Fsp3) is 0.600. The SMILES string of the molecule is Cc1ccc(Cl)cc1NC1CC2(CCNCC2)C1. The Hall–Kier alpha value is -0.730. The first-order valence-corrected chi connectivity index (χ1v) is 7.28. The number of piperidine rings is 1. The van der Waals surface area contributed by atoms with E-state index in [-0.39, 0.29) is 0 Å². The summed E-state index contributed by atoms with van der Waals surface area (Å²) in [5, 5.41) is 7.92. The molecule has 0 atom stereocenters. The van der Waals surface area contributed by atoms with Crippen molar-refractivity contribution in [1.82, 2.24) is 5.32 Å². The number of benzene rings is 1. The monoisotopic (exact) mass is 264 g/mol. The molecule has 0 radical (unpaired) electrons. The summed E-state index contributed by atoms with van der Waals surface area (Å²) < 4.78 is 0. The lowest BCUT2D eigenvalue weighted by atomic mass is 9.60. The summed E-state index contributed by atoms with van der Waals surface area (Å²) in [4.78, 5) is 0. The predicted molar refractivity (Wildman–Crippen MR) is 77.4 cm³/mol. The van der Waals surface area contributed by atoms with Gasteiger partial charge in [0.05, 0.1) is 0 Å². The number of nitrogens with one attached hydrogen (secondary N) is 2. The molecule has 2 N–H and O–H groups in total. The van der Waals surface area contributed by atoms with E-state index < -0.39 is 0 Å². The third-order valence-corrected chi connectivity index (χ3v) is 4.82. The van der Waals surface area contributed by atoms with Crippen molar-refractivity contribution >= 4 is 17.3 Å². The van der Waals surface area contributed by atoms with E-state index in [0.717, 1.165) is 5.02 Å². The number of anilines is 1. The lowest BCUT2D eigenvalue weighted by Crippen LogP contribution is -2.50. The lowest BCUT2D eigenvalue weighted by Gasteiger charge is -2.51. The van der Waals surface area contributed by atoms with Crippen molar-refractivity contribution in [2.24, 2.45) is 5.41 Å². The molecule has 1 aromatic carbocycles. The molecule has 3 rings (SSSR count). The van der Waals surface area contributed by atoms with Crippen LogP contribution in [0, 0.1) is 12.3 Å². The maximum absolute atomic E-state index is 6.06. The Bertz CT molecular complexity index is 430. The average Bonchev–Trinajstić information content (AvgIpc) is 2.33. The largest absolute Gasteiger partial charge is 0.382 e. The van der Waals surface area contributed by atoms with Crippen LogP contribution in [0.2, 0.25) is 5.02 Å². The molecular weight excluding hydrogens is 244 g/mol. The van der Waals surface area contributed by atoms with Crippen molar-refractivity contribution in [3.63, 3.8) is 0 Å². The lowest BCUT2D eigenvalue weighted by molar-refractivity contribution is 0.0718. The summed E-state index contributed by atoms with van der Waals surface area (Å²) in [6.45, 7) is 4.53. The van der Waals surface area contributed by atoms with Gasteiger partial charge in [0.25, 0.3) is 0 Å². The molecule has 0 amide bonds. The van der Waals surface area contributed by atoms with Crippen LogP contribution in [0.4, 0.5) is 5.69 Å². The Morgan fingerprint density at radius 1 is 1.28 bits per heavy atom. The summed E-state index contributed by atoms with van der Waals surface area (Å²) in [5.74, 6) is 0. The molecule has 1 aromatic rings. The molecule has 0 unspecified atom stereocenters. The van der Waals surface area contributed by atoms with Gasteiger partial charge in [0.2, 0.25) is 0 Å². The van der Waals surface area contributed by atoms with Crippen molar-refractivity contribution in [1.29, 1.82) is 0 Å². The molecule has 0 bridgehead atoms. The van der Waals surface area contributed by atoms with Crippen molar-refractivity contribution in [2.45, 2.75) is 38.6 Å². The van der Waals surface area contributed by atoms with Crippen molar-refractivity contribution in [3.8, 4) is 0 Å². The van der Waals surface area contributed by atoms with Gasteiger partial charge in [-0.2, -0.15) is 0 Å². The third-order valence-electron chi connectivity index (χ3n) is 4.58. The van der Waals surface area contributed by atoms with E-state index >= 15 is 0 Å². The standard InChI is InChI=1S/C15H21ClN2/c1-11-2-3-12(16)8-14(11)18-13-9-15(10-13)4-6-17-7-5-15/h2-3,8,13,17-18H,4-7,9-10H2,1H3. The summed E-state index contributed by atoms with van der Waals surface area (Å²) in [6, 6.07) is 6.73. The molecule has 1 aliphatic carbocycles. The van der Waals surface area contributed by atoms with E-state index in [2.05, 4.69) is 23.6 Å². The second-order valence-corrected chi connectivity index (χ2v) is 6.40. The van der Waals surface area contributed by atoms with Gasteiger partial charge in [-0.1, -0.05) is 17.7 Å². The molecule has 18 heavy (non-hydrogen) atoms. The zero-order chi connectivity index (χ0) is 12.6. The highest BCUT2D eigenvalue weighted by molar-refractivity contribution is 6.30. The Kier molecular flexibility index (Phi) is 3.25. The summed E-state index contributed by atoms with van der Waals surface area (Å²) >= 11 is 6.06. The summed E-state index contributed by atoms with van der Waals surface area (Å²) in [6.07, 6.45) is 5.33. The molecular formula is C15H21ClN2. The molecule has 1 saturated heterocycles. The number of halogens is 1. The van der Waals surface area contributed by atoms with Gasteiger partial charge in [0.1, 0.15) is 0 Å². The smallest absolute Gasteiger partial charge is 0.0426 e. The highest BCUT2D eigenvalue weighted by Gasteiger charge is 2.44. The fourth-order valence-corrected chi connectivity index (χ4v) is 3.59. The first-order chi connectivity index (χ1) is 8.67. The molecule has 0 aromatic heterocycles. The Morgan fingerprint density at radius 3 is 2.72 bits per heavy atom. The number of rotatable bonds is 2. The maximum atomic E-state index is 6.06. The normalized spacial score (nSPS) is 22.8. The first kappa shape index (κ1) is 12.3. The average molecular weight is 265 g/mol. The van der Waals surface area contributed by atoms with Crippen molar-refractivity contribution < 1.29 is 0 Å². The summed E-state index contributed by atoms with van der Waals surface area (Å²) in [5.41, 5.74) is 3.12. The fourth-order valence-electron chi connectivity index (χ4n) is 3.42. The Labute approximate surface area is 114 Å².